The Bertz CT molecular complexity index is 777. The number of rotatable bonds is 3. The number of hydrogen-bond donors (Lipinski definition) is 0. The van der Waals surface area contributed by atoms with Gasteiger partial charge in [-0.25, -0.2) is 4.98 Å². The topological polar surface area (TPSA) is 17.8 Å². The van der Waals surface area contributed by atoms with Gasteiger partial charge in [0.25, 0.3) is 0 Å². The smallest absolute Gasteiger partial charge is 0.128 e. The Morgan fingerprint density at radius 1 is 1.05 bits per heavy atom. The number of aromatic nitrogens is 2. The molecule has 0 aliphatic rings. The monoisotopic (exact) mass is 318 g/mol. The molecular weight excluding hydrogens is 303 g/mol. The average molecular weight is 319 g/mol. The predicted molar refractivity (Wildman–Crippen MR) is 89.3 cm³/mol. The summed E-state index contributed by atoms with van der Waals surface area (Å²) >= 11 is 12.5. The highest BCUT2D eigenvalue weighted by Gasteiger charge is 2.19. The zero-order chi connectivity index (χ0) is 15.0. The van der Waals surface area contributed by atoms with Gasteiger partial charge >= 0.3 is 0 Å². The number of nitrogens with zero attached hydrogens (tertiary/aromatic N) is 2. The molecule has 3 rings (SSSR count). The lowest BCUT2D eigenvalue weighted by Crippen LogP contribution is -2.11. The fourth-order valence-electron chi connectivity index (χ4n) is 2.67. The van der Waals surface area contributed by atoms with E-state index < -0.39 is 0 Å². The van der Waals surface area contributed by atoms with Gasteiger partial charge in [0, 0.05) is 5.02 Å². The summed E-state index contributed by atoms with van der Waals surface area (Å²) in [4.78, 5) is 4.68. The quantitative estimate of drug-likeness (QED) is 0.575. The normalized spacial score (nSPS) is 14.3. The summed E-state index contributed by atoms with van der Waals surface area (Å²) in [6.07, 6.45) is 0. The van der Waals surface area contributed by atoms with Crippen LogP contribution in [0, 0.1) is 0 Å². The van der Waals surface area contributed by atoms with E-state index in [0.717, 1.165) is 27.4 Å². The van der Waals surface area contributed by atoms with Crippen molar-refractivity contribution in [1.82, 2.24) is 9.55 Å². The molecule has 0 radical (unpaired) electrons. The zero-order valence-electron chi connectivity index (χ0n) is 11.9. The summed E-state index contributed by atoms with van der Waals surface area (Å²) in [7, 11) is 0. The van der Waals surface area contributed by atoms with Crippen molar-refractivity contribution < 1.29 is 0 Å². The second-order valence-electron chi connectivity index (χ2n) is 5.18. The minimum absolute atomic E-state index is 0.118. The molecule has 0 N–H and O–H groups in total. The minimum atomic E-state index is -0.154. The van der Waals surface area contributed by atoms with Crippen LogP contribution in [0.25, 0.3) is 11.0 Å². The highest BCUT2D eigenvalue weighted by Crippen LogP contribution is 2.31. The average Bonchev–Trinajstić information content (AvgIpc) is 2.86. The Kier molecular flexibility index (Phi) is 3.92. The molecule has 0 bridgehead atoms. The molecule has 0 fully saturated rings. The van der Waals surface area contributed by atoms with E-state index in [1.165, 1.54) is 0 Å². The summed E-state index contributed by atoms with van der Waals surface area (Å²) < 4.78 is 2.19. The van der Waals surface area contributed by atoms with Crippen LogP contribution in [-0.4, -0.2) is 9.55 Å². The lowest BCUT2D eigenvalue weighted by atomic mass is 10.1. The molecule has 4 heteroatoms. The van der Waals surface area contributed by atoms with Crippen molar-refractivity contribution in [2.24, 2.45) is 0 Å². The molecule has 0 aliphatic carbocycles. The molecule has 3 aromatic rings. The van der Waals surface area contributed by atoms with Gasteiger partial charge in [-0.15, -0.1) is 11.6 Å². The first kappa shape index (κ1) is 14.4. The first-order chi connectivity index (χ1) is 10.1. The summed E-state index contributed by atoms with van der Waals surface area (Å²) in [5, 5.41) is 0.586. The molecule has 0 aliphatic heterocycles. The summed E-state index contributed by atoms with van der Waals surface area (Å²) in [5.74, 6) is 0.880. The largest absolute Gasteiger partial charge is 0.319 e. The molecule has 2 atom stereocenters. The second kappa shape index (κ2) is 5.70. The molecule has 108 valence electrons. The number of para-hydroxylation sites is 2. The van der Waals surface area contributed by atoms with Crippen LogP contribution < -0.4 is 0 Å². The number of halogens is 2. The highest BCUT2D eigenvalue weighted by molar-refractivity contribution is 6.30. The van der Waals surface area contributed by atoms with Crippen LogP contribution in [0.3, 0.4) is 0 Å². The number of imidazole rings is 1. The Labute approximate surface area is 134 Å². The maximum absolute atomic E-state index is 6.33. The van der Waals surface area contributed by atoms with E-state index in [-0.39, 0.29) is 11.4 Å². The van der Waals surface area contributed by atoms with E-state index in [1.807, 2.05) is 43.3 Å². The van der Waals surface area contributed by atoms with Crippen LogP contribution in [0.4, 0.5) is 0 Å². The maximum Gasteiger partial charge on any atom is 0.128 e. The molecule has 0 saturated heterocycles. The molecule has 2 aromatic carbocycles. The number of hydrogen-bond acceptors (Lipinski definition) is 1. The number of alkyl halides is 1. The first-order valence-electron chi connectivity index (χ1n) is 6.94. The fourth-order valence-corrected chi connectivity index (χ4v) is 3.02. The van der Waals surface area contributed by atoms with E-state index in [0.29, 0.717) is 0 Å². The Balaban J connectivity index is 2.20. The van der Waals surface area contributed by atoms with Gasteiger partial charge in [0.1, 0.15) is 5.82 Å². The molecule has 2 nitrogen and oxygen atoms in total. The van der Waals surface area contributed by atoms with Crippen molar-refractivity contribution in [1.29, 1.82) is 0 Å². The number of fused-ring (bicyclic) bond motifs is 1. The molecule has 21 heavy (non-hydrogen) atoms. The zero-order valence-corrected chi connectivity index (χ0v) is 13.4. The van der Waals surface area contributed by atoms with E-state index >= 15 is 0 Å². The summed E-state index contributed by atoms with van der Waals surface area (Å²) in [5.41, 5.74) is 3.20. The molecule has 1 aromatic heterocycles. The van der Waals surface area contributed by atoms with Gasteiger partial charge in [-0.2, -0.15) is 0 Å². The van der Waals surface area contributed by atoms with Crippen molar-refractivity contribution in [2.45, 2.75) is 25.3 Å². The van der Waals surface area contributed by atoms with Crippen molar-refractivity contribution in [3.05, 3.63) is 64.9 Å². The van der Waals surface area contributed by atoms with Gasteiger partial charge in [-0.05, 0) is 43.7 Å². The maximum atomic E-state index is 6.33. The predicted octanol–water partition coefficient (Wildman–Crippen LogP) is 5.60. The third-order valence-corrected chi connectivity index (χ3v) is 4.13. The van der Waals surface area contributed by atoms with E-state index in [4.69, 9.17) is 23.2 Å². The van der Waals surface area contributed by atoms with Crippen molar-refractivity contribution in [3.8, 4) is 0 Å². The SMILES string of the molecule is CC(Cl)c1nc2ccccc2n1C(C)c1cccc(Cl)c1. The summed E-state index contributed by atoms with van der Waals surface area (Å²) in [6, 6.07) is 16.1. The molecule has 1 heterocycles. The van der Waals surface area contributed by atoms with E-state index in [9.17, 15) is 0 Å². The van der Waals surface area contributed by atoms with Gasteiger partial charge < -0.3 is 4.57 Å². The van der Waals surface area contributed by atoms with Crippen molar-refractivity contribution in [2.75, 3.05) is 0 Å². The lowest BCUT2D eigenvalue weighted by Gasteiger charge is -2.19. The van der Waals surface area contributed by atoms with E-state index in [2.05, 4.69) is 28.6 Å². The van der Waals surface area contributed by atoms with Gasteiger partial charge in [-0.1, -0.05) is 35.9 Å². The van der Waals surface area contributed by atoms with Crippen LogP contribution in [-0.2, 0) is 0 Å². The molecule has 0 saturated carbocycles. The van der Waals surface area contributed by atoms with Crippen LogP contribution >= 0.6 is 23.2 Å². The second-order valence-corrected chi connectivity index (χ2v) is 6.27. The Morgan fingerprint density at radius 3 is 2.52 bits per heavy atom. The molecule has 2 unspecified atom stereocenters. The van der Waals surface area contributed by atoms with Crippen molar-refractivity contribution in [3.63, 3.8) is 0 Å². The third-order valence-electron chi connectivity index (χ3n) is 3.70. The highest BCUT2D eigenvalue weighted by atomic mass is 35.5. The fraction of sp³-hybridized carbons (Fsp3) is 0.235. The number of benzene rings is 2. The third kappa shape index (κ3) is 2.66. The van der Waals surface area contributed by atoms with Crippen LogP contribution in [0.2, 0.25) is 5.02 Å². The minimum Gasteiger partial charge on any atom is -0.319 e. The van der Waals surface area contributed by atoms with Gasteiger partial charge in [0.2, 0.25) is 0 Å². The molecule has 0 amide bonds. The van der Waals surface area contributed by atoms with Gasteiger partial charge in [0.15, 0.2) is 0 Å². The lowest BCUT2D eigenvalue weighted by molar-refractivity contribution is 0.618. The van der Waals surface area contributed by atoms with Crippen LogP contribution in [0.1, 0.15) is 36.7 Å². The first-order valence-corrected chi connectivity index (χ1v) is 7.75. The molecule has 0 spiro atoms. The van der Waals surface area contributed by atoms with Crippen molar-refractivity contribution >= 4 is 34.2 Å². The standard InChI is InChI=1S/C17H16Cl2N2/c1-11(18)17-20-15-8-3-4-9-16(15)21(17)12(2)13-6-5-7-14(19)10-13/h3-12H,1-2H3. The molecular formula is C17H16Cl2N2. The van der Waals surface area contributed by atoms with Gasteiger partial charge in [-0.3, -0.25) is 0 Å². The summed E-state index contributed by atoms with van der Waals surface area (Å²) in [6.45, 7) is 4.09. The van der Waals surface area contributed by atoms with E-state index in [1.54, 1.807) is 0 Å². The Morgan fingerprint density at radius 2 is 1.81 bits per heavy atom. The van der Waals surface area contributed by atoms with Gasteiger partial charge in [0.05, 0.1) is 22.5 Å². The Hall–Kier alpha value is -1.51. The van der Waals surface area contributed by atoms with Crippen LogP contribution in [0.5, 0.6) is 0 Å². The van der Waals surface area contributed by atoms with Crippen LogP contribution in [0.15, 0.2) is 48.5 Å².